The molecule has 0 radical (unpaired) electrons. The maximum absolute atomic E-state index is 13.7. The number of hydrogen-bond acceptors (Lipinski definition) is 2. The zero-order chi connectivity index (χ0) is 16.0. The SMILES string of the molecule is FC(F)(F)c1c2ccccc2cc2c(-c3cc[se]c3)ncnc12. The molecule has 0 fully saturated rings. The van der Waals surface area contributed by atoms with Gasteiger partial charge in [0.15, 0.2) is 0 Å². The second kappa shape index (κ2) is 5.18. The van der Waals surface area contributed by atoms with Gasteiger partial charge >= 0.3 is 135 Å². The van der Waals surface area contributed by atoms with Crippen molar-refractivity contribution in [2.24, 2.45) is 0 Å². The molecule has 0 aliphatic heterocycles. The van der Waals surface area contributed by atoms with Gasteiger partial charge in [-0.15, -0.1) is 0 Å². The fourth-order valence-corrected chi connectivity index (χ4v) is 4.13. The Labute approximate surface area is 135 Å². The molecule has 4 rings (SSSR count). The average molecular weight is 377 g/mol. The van der Waals surface area contributed by atoms with Crippen LogP contribution in [0.1, 0.15) is 5.56 Å². The summed E-state index contributed by atoms with van der Waals surface area (Å²) >= 11 is 0.232. The fraction of sp³-hybridized carbons (Fsp3) is 0.0588. The van der Waals surface area contributed by atoms with E-state index in [1.54, 1.807) is 24.3 Å². The second-order valence-corrected chi connectivity index (χ2v) is 6.74. The Morgan fingerprint density at radius 1 is 0.957 bits per heavy atom. The Hall–Kier alpha value is -2.17. The van der Waals surface area contributed by atoms with Gasteiger partial charge in [0.05, 0.1) is 0 Å². The summed E-state index contributed by atoms with van der Waals surface area (Å²) in [6.45, 7) is 0. The molecule has 0 spiro atoms. The van der Waals surface area contributed by atoms with Crippen LogP contribution in [0.3, 0.4) is 0 Å². The number of hydrogen-bond donors (Lipinski definition) is 0. The van der Waals surface area contributed by atoms with E-state index >= 15 is 0 Å². The quantitative estimate of drug-likeness (QED) is 0.360. The van der Waals surface area contributed by atoms with Crippen molar-refractivity contribution in [3.63, 3.8) is 0 Å². The van der Waals surface area contributed by atoms with Crippen LogP contribution >= 0.6 is 0 Å². The van der Waals surface area contributed by atoms with Gasteiger partial charge < -0.3 is 0 Å². The molecular formula is C17H9F3N2Se. The molecule has 2 heterocycles. The molecule has 0 amide bonds. The first-order valence-corrected chi connectivity index (χ1v) is 8.80. The van der Waals surface area contributed by atoms with E-state index in [0.717, 1.165) is 5.56 Å². The van der Waals surface area contributed by atoms with Crippen molar-refractivity contribution in [3.05, 3.63) is 58.2 Å². The summed E-state index contributed by atoms with van der Waals surface area (Å²) in [5, 5.41) is 1.14. The molecule has 0 atom stereocenters. The molecule has 0 aliphatic rings. The summed E-state index contributed by atoms with van der Waals surface area (Å²) in [7, 11) is 0. The first-order chi connectivity index (χ1) is 11.1. The van der Waals surface area contributed by atoms with E-state index < -0.39 is 11.7 Å². The van der Waals surface area contributed by atoms with E-state index in [2.05, 4.69) is 9.97 Å². The third-order valence-electron chi connectivity index (χ3n) is 3.73. The fourth-order valence-electron chi connectivity index (χ4n) is 2.78. The van der Waals surface area contributed by atoms with Crippen molar-refractivity contribution in [1.82, 2.24) is 9.97 Å². The summed E-state index contributed by atoms with van der Waals surface area (Å²) in [5.41, 5.74) is 0.680. The number of rotatable bonds is 1. The number of nitrogens with zero attached hydrogens (tertiary/aromatic N) is 2. The standard InChI is InChI=1S/C17H9F3N2Se/c18-17(19,20)14-12-4-2-1-3-10(12)7-13-15(11-5-6-23-8-11)21-9-22-16(13)14/h1-9H. The van der Waals surface area contributed by atoms with Gasteiger partial charge in [0.2, 0.25) is 0 Å². The van der Waals surface area contributed by atoms with Crippen LogP contribution in [-0.4, -0.2) is 24.5 Å². The van der Waals surface area contributed by atoms with Gasteiger partial charge in [0, 0.05) is 0 Å². The molecule has 0 saturated carbocycles. The molecule has 6 heteroatoms. The third kappa shape index (κ3) is 2.35. The minimum atomic E-state index is -4.48. The molecule has 114 valence electrons. The van der Waals surface area contributed by atoms with Gasteiger partial charge in [-0.2, -0.15) is 0 Å². The van der Waals surface area contributed by atoms with Crippen molar-refractivity contribution < 1.29 is 13.2 Å². The van der Waals surface area contributed by atoms with E-state index in [9.17, 15) is 13.2 Å². The maximum atomic E-state index is 13.7. The zero-order valence-corrected chi connectivity index (χ0v) is 13.3. The van der Waals surface area contributed by atoms with Crippen LogP contribution in [-0.2, 0) is 6.18 Å². The van der Waals surface area contributed by atoms with E-state index in [1.165, 1.54) is 12.4 Å². The summed E-state index contributed by atoms with van der Waals surface area (Å²) in [6, 6.07) is 10.2. The Bertz CT molecular complexity index is 1010. The van der Waals surface area contributed by atoms with Crippen molar-refractivity contribution in [2.75, 3.05) is 0 Å². The van der Waals surface area contributed by atoms with Crippen LogP contribution in [0, 0.1) is 0 Å². The monoisotopic (exact) mass is 378 g/mol. The van der Waals surface area contributed by atoms with Crippen LogP contribution < -0.4 is 0 Å². The zero-order valence-electron chi connectivity index (χ0n) is 11.6. The summed E-state index contributed by atoms with van der Waals surface area (Å²) < 4.78 is 41.0. The van der Waals surface area contributed by atoms with Gasteiger partial charge in [0.1, 0.15) is 0 Å². The van der Waals surface area contributed by atoms with Crippen LogP contribution in [0.2, 0.25) is 0 Å². The Balaban J connectivity index is 2.21. The van der Waals surface area contributed by atoms with Gasteiger partial charge in [-0.05, 0) is 0 Å². The molecule has 0 aliphatic carbocycles. The van der Waals surface area contributed by atoms with E-state index in [1.807, 2.05) is 15.9 Å². The Kier molecular flexibility index (Phi) is 3.25. The van der Waals surface area contributed by atoms with Crippen molar-refractivity contribution in [1.29, 1.82) is 0 Å². The van der Waals surface area contributed by atoms with Crippen LogP contribution in [0.4, 0.5) is 13.2 Å². The second-order valence-electron chi connectivity index (χ2n) is 5.10. The van der Waals surface area contributed by atoms with E-state index in [0.29, 0.717) is 16.5 Å². The molecule has 2 aromatic heterocycles. The number of benzene rings is 2. The number of fused-ring (bicyclic) bond motifs is 2. The Morgan fingerprint density at radius 2 is 1.78 bits per heavy atom. The molecule has 0 unspecified atom stereocenters. The van der Waals surface area contributed by atoms with E-state index in [4.69, 9.17) is 0 Å². The van der Waals surface area contributed by atoms with Crippen molar-refractivity contribution >= 4 is 36.2 Å². The topological polar surface area (TPSA) is 25.8 Å². The molecule has 23 heavy (non-hydrogen) atoms. The molecule has 2 aromatic carbocycles. The predicted molar refractivity (Wildman–Crippen MR) is 84.4 cm³/mol. The first-order valence-electron chi connectivity index (χ1n) is 6.82. The van der Waals surface area contributed by atoms with Crippen LogP contribution in [0.5, 0.6) is 0 Å². The van der Waals surface area contributed by atoms with Gasteiger partial charge in [-0.25, -0.2) is 0 Å². The normalized spacial score (nSPS) is 12.1. The third-order valence-corrected chi connectivity index (χ3v) is 5.16. The molecule has 0 bridgehead atoms. The van der Waals surface area contributed by atoms with Gasteiger partial charge in [-0.1, -0.05) is 0 Å². The molecule has 4 aromatic rings. The van der Waals surface area contributed by atoms with Gasteiger partial charge in [0.25, 0.3) is 0 Å². The average Bonchev–Trinajstić information content (AvgIpc) is 3.05. The van der Waals surface area contributed by atoms with Crippen LogP contribution in [0.25, 0.3) is 32.9 Å². The Morgan fingerprint density at radius 3 is 2.52 bits per heavy atom. The number of halogens is 3. The number of alkyl halides is 3. The summed E-state index contributed by atoms with van der Waals surface area (Å²) in [4.78, 5) is 12.2. The molecule has 2 nitrogen and oxygen atoms in total. The predicted octanol–water partition coefficient (Wildman–Crippen LogP) is 4.53. The van der Waals surface area contributed by atoms with Crippen LogP contribution in [0.15, 0.2) is 52.6 Å². The number of aromatic nitrogens is 2. The molecule has 0 saturated heterocycles. The summed E-state index contributed by atoms with van der Waals surface area (Å²) in [6.07, 6.45) is -3.27. The van der Waals surface area contributed by atoms with Crippen molar-refractivity contribution in [2.45, 2.75) is 6.18 Å². The summed E-state index contributed by atoms with van der Waals surface area (Å²) in [5.74, 6) is 0. The first kappa shape index (κ1) is 14.4. The van der Waals surface area contributed by atoms with Crippen molar-refractivity contribution in [3.8, 4) is 11.3 Å². The minimum absolute atomic E-state index is 0.0464. The van der Waals surface area contributed by atoms with E-state index in [-0.39, 0.29) is 25.4 Å². The molecule has 0 N–H and O–H groups in total. The van der Waals surface area contributed by atoms with Gasteiger partial charge in [-0.3, -0.25) is 0 Å². The molecular weight excluding hydrogens is 368 g/mol.